The predicted molar refractivity (Wildman–Crippen MR) is 107 cm³/mol. The lowest BCUT2D eigenvalue weighted by Gasteiger charge is -2.19. The molecular weight excluding hydrogens is 366 g/mol. The van der Waals surface area contributed by atoms with Gasteiger partial charge in [-0.2, -0.15) is 5.10 Å². The van der Waals surface area contributed by atoms with Gasteiger partial charge in [0.1, 0.15) is 4.83 Å². The Labute approximate surface area is 159 Å². The van der Waals surface area contributed by atoms with Crippen molar-refractivity contribution in [2.24, 2.45) is 5.10 Å². The van der Waals surface area contributed by atoms with Gasteiger partial charge in [-0.15, -0.1) is 22.7 Å². The fraction of sp³-hybridized carbons (Fsp3) is 0.316. The molecule has 0 saturated carbocycles. The summed E-state index contributed by atoms with van der Waals surface area (Å²) in [6.45, 7) is 5.84. The first-order valence-electron chi connectivity index (χ1n) is 8.56. The van der Waals surface area contributed by atoms with E-state index in [1.54, 1.807) is 16.3 Å². The summed E-state index contributed by atoms with van der Waals surface area (Å²) in [5.74, 6) is -0.0262. The predicted octanol–water partition coefficient (Wildman–Crippen LogP) is 4.36. The number of aromatic amines is 1. The highest BCUT2D eigenvalue weighted by Gasteiger charge is 2.34. The highest BCUT2D eigenvalue weighted by molar-refractivity contribution is 7.16. The maximum absolute atomic E-state index is 12.7. The van der Waals surface area contributed by atoms with Gasteiger partial charge in [0.05, 0.1) is 17.3 Å². The van der Waals surface area contributed by atoms with Crippen molar-refractivity contribution in [3.63, 3.8) is 0 Å². The molecule has 4 rings (SSSR count). The molecule has 0 saturated heterocycles. The van der Waals surface area contributed by atoms with Crippen LogP contribution < -0.4 is 5.56 Å². The minimum Gasteiger partial charge on any atom is -0.313 e. The van der Waals surface area contributed by atoms with E-state index in [2.05, 4.69) is 29.1 Å². The van der Waals surface area contributed by atoms with Gasteiger partial charge < -0.3 is 4.98 Å². The standard InChI is InChI=1S/C19H19N3O2S2/c1-4-16(23)22-14(15-6-5-10(2)26-15)9-13(21-22)17-11(3)12-7-8-25-19(12)20-18(17)24/h5-8,14H,4,9H2,1-3H3,(H,20,24). The number of hydrazone groups is 1. The van der Waals surface area contributed by atoms with E-state index in [0.717, 1.165) is 20.7 Å². The van der Waals surface area contributed by atoms with Crippen LogP contribution in [0, 0.1) is 13.8 Å². The number of rotatable bonds is 3. The number of carbonyl (C=O) groups is 1. The summed E-state index contributed by atoms with van der Waals surface area (Å²) in [5, 5.41) is 9.17. The van der Waals surface area contributed by atoms with Crippen molar-refractivity contribution in [2.45, 2.75) is 39.7 Å². The number of aryl methyl sites for hydroxylation is 2. The second kappa shape index (κ2) is 6.48. The van der Waals surface area contributed by atoms with Gasteiger partial charge in [0.15, 0.2) is 0 Å². The number of amides is 1. The monoisotopic (exact) mass is 385 g/mol. The van der Waals surface area contributed by atoms with Crippen molar-refractivity contribution in [3.05, 3.63) is 54.8 Å². The number of nitrogens with zero attached hydrogens (tertiary/aromatic N) is 2. The summed E-state index contributed by atoms with van der Waals surface area (Å²) in [6, 6.07) is 5.99. The number of carbonyl (C=O) groups excluding carboxylic acids is 1. The molecule has 1 N–H and O–H groups in total. The van der Waals surface area contributed by atoms with Crippen LogP contribution in [0.2, 0.25) is 0 Å². The highest BCUT2D eigenvalue weighted by atomic mass is 32.1. The number of H-pyrrole nitrogens is 1. The zero-order chi connectivity index (χ0) is 18.4. The Bertz CT molecular complexity index is 1090. The molecule has 1 atom stereocenters. The number of hydrogen-bond acceptors (Lipinski definition) is 5. The van der Waals surface area contributed by atoms with E-state index >= 15 is 0 Å². The summed E-state index contributed by atoms with van der Waals surface area (Å²) in [7, 11) is 0. The molecule has 3 aromatic rings. The van der Waals surface area contributed by atoms with Crippen LogP contribution in [0.25, 0.3) is 10.2 Å². The first-order chi connectivity index (χ1) is 12.5. The van der Waals surface area contributed by atoms with Gasteiger partial charge in [-0.1, -0.05) is 6.92 Å². The quantitative estimate of drug-likeness (QED) is 0.728. The molecule has 0 aliphatic carbocycles. The number of nitrogens with one attached hydrogen (secondary N) is 1. The topological polar surface area (TPSA) is 65.5 Å². The van der Waals surface area contributed by atoms with Crippen molar-refractivity contribution in [2.75, 3.05) is 0 Å². The van der Waals surface area contributed by atoms with Crippen molar-refractivity contribution >= 4 is 44.5 Å². The molecule has 4 heterocycles. The summed E-state index contributed by atoms with van der Waals surface area (Å²) in [6.07, 6.45) is 0.946. The van der Waals surface area contributed by atoms with Crippen LogP contribution in [0.15, 0.2) is 33.5 Å². The molecule has 0 radical (unpaired) electrons. The first-order valence-corrected chi connectivity index (χ1v) is 10.3. The molecule has 26 heavy (non-hydrogen) atoms. The smallest absolute Gasteiger partial charge is 0.258 e. The van der Waals surface area contributed by atoms with E-state index in [4.69, 9.17) is 0 Å². The Morgan fingerprint density at radius 2 is 2.15 bits per heavy atom. The normalized spacial score (nSPS) is 17.1. The third kappa shape index (κ3) is 2.71. The maximum Gasteiger partial charge on any atom is 0.258 e. The first kappa shape index (κ1) is 17.2. The molecule has 134 valence electrons. The van der Waals surface area contributed by atoms with E-state index in [1.165, 1.54) is 16.2 Å². The third-order valence-corrected chi connectivity index (χ3v) is 6.68. The Morgan fingerprint density at radius 3 is 2.85 bits per heavy atom. The van der Waals surface area contributed by atoms with Crippen LogP contribution in [0.4, 0.5) is 0 Å². The van der Waals surface area contributed by atoms with Crippen LogP contribution in [0.5, 0.6) is 0 Å². The Balaban J connectivity index is 1.82. The summed E-state index contributed by atoms with van der Waals surface area (Å²) < 4.78 is 0. The minimum atomic E-state index is -0.136. The van der Waals surface area contributed by atoms with Crippen LogP contribution in [0.3, 0.4) is 0 Å². The highest BCUT2D eigenvalue weighted by Crippen LogP contribution is 2.37. The minimum absolute atomic E-state index is 0.0262. The third-order valence-electron chi connectivity index (χ3n) is 4.74. The van der Waals surface area contributed by atoms with Gasteiger partial charge in [0.25, 0.3) is 5.56 Å². The molecule has 1 aliphatic heterocycles. The molecule has 0 spiro atoms. The van der Waals surface area contributed by atoms with Crippen molar-refractivity contribution in [3.8, 4) is 0 Å². The van der Waals surface area contributed by atoms with E-state index in [-0.39, 0.29) is 17.5 Å². The fourth-order valence-corrected chi connectivity index (χ4v) is 5.23. The molecule has 5 nitrogen and oxygen atoms in total. The summed E-state index contributed by atoms with van der Waals surface area (Å²) in [4.78, 5) is 31.3. The number of thiophene rings is 2. The average molecular weight is 386 g/mol. The number of hydrogen-bond donors (Lipinski definition) is 1. The molecule has 0 aromatic carbocycles. The van der Waals surface area contributed by atoms with Crippen molar-refractivity contribution in [1.82, 2.24) is 9.99 Å². The van der Waals surface area contributed by atoms with Crippen LogP contribution in [-0.2, 0) is 4.79 Å². The van der Waals surface area contributed by atoms with Gasteiger partial charge in [-0.3, -0.25) is 9.59 Å². The summed E-state index contributed by atoms with van der Waals surface area (Å²) >= 11 is 3.19. The van der Waals surface area contributed by atoms with Gasteiger partial charge in [0, 0.05) is 28.0 Å². The van der Waals surface area contributed by atoms with E-state index < -0.39 is 0 Å². The molecule has 7 heteroatoms. The zero-order valence-electron chi connectivity index (χ0n) is 14.8. The molecule has 1 aliphatic rings. The van der Waals surface area contributed by atoms with E-state index in [0.29, 0.717) is 24.1 Å². The lowest BCUT2D eigenvalue weighted by Crippen LogP contribution is -2.25. The van der Waals surface area contributed by atoms with Crippen LogP contribution in [-0.4, -0.2) is 21.6 Å². The molecule has 1 amide bonds. The number of pyridine rings is 1. The second-order valence-electron chi connectivity index (χ2n) is 6.42. The SMILES string of the molecule is CCC(=O)N1N=C(c2c(C)c3ccsc3[nH]c2=O)CC1c1ccc(C)s1. The largest absolute Gasteiger partial charge is 0.313 e. The lowest BCUT2D eigenvalue weighted by molar-refractivity contribution is -0.132. The van der Waals surface area contributed by atoms with Gasteiger partial charge in [0.2, 0.25) is 5.91 Å². The lowest BCUT2D eigenvalue weighted by atomic mass is 9.99. The zero-order valence-corrected chi connectivity index (χ0v) is 16.5. The summed E-state index contributed by atoms with van der Waals surface area (Å²) in [5.41, 5.74) is 2.08. The maximum atomic E-state index is 12.7. The van der Waals surface area contributed by atoms with Gasteiger partial charge in [-0.25, -0.2) is 5.01 Å². The Hall–Kier alpha value is -2.25. The number of aromatic nitrogens is 1. The van der Waals surface area contributed by atoms with Gasteiger partial charge >= 0.3 is 0 Å². The molecule has 0 bridgehead atoms. The van der Waals surface area contributed by atoms with Crippen LogP contribution >= 0.6 is 22.7 Å². The van der Waals surface area contributed by atoms with Crippen molar-refractivity contribution in [1.29, 1.82) is 0 Å². The molecule has 1 unspecified atom stereocenters. The average Bonchev–Trinajstić information content (AvgIpc) is 3.33. The van der Waals surface area contributed by atoms with Crippen molar-refractivity contribution < 1.29 is 4.79 Å². The molecule has 3 aromatic heterocycles. The second-order valence-corrected chi connectivity index (χ2v) is 8.66. The fourth-order valence-electron chi connectivity index (χ4n) is 3.43. The Kier molecular flexibility index (Phi) is 4.28. The van der Waals surface area contributed by atoms with E-state index in [1.807, 2.05) is 25.3 Å². The van der Waals surface area contributed by atoms with Gasteiger partial charge in [-0.05, 0) is 43.0 Å². The molecule has 0 fully saturated rings. The van der Waals surface area contributed by atoms with E-state index in [9.17, 15) is 9.59 Å². The Morgan fingerprint density at radius 1 is 1.35 bits per heavy atom. The number of fused-ring (bicyclic) bond motifs is 1. The van der Waals surface area contributed by atoms with Crippen LogP contribution in [0.1, 0.15) is 46.7 Å². The molecular formula is C19H19N3O2S2.